The van der Waals surface area contributed by atoms with Crippen LogP contribution in [0.2, 0.25) is 5.28 Å². The molecule has 3 N–H and O–H groups in total. The number of aromatic nitrogens is 4. The molecule has 0 fully saturated rings. The molecule has 3 heterocycles. The minimum absolute atomic E-state index is 0.0822. The van der Waals surface area contributed by atoms with Crippen molar-refractivity contribution in [3.63, 3.8) is 0 Å². The predicted octanol–water partition coefficient (Wildman–Crippen LogP) is 4.10. The van der Waals surface area contributed by atoms with Crippen molar-refractivity contribution < 1.29 is 14.3 Å². The zero-order valence-electron chi connectivity index (χ0n) is 18.9. The fraction of sp³-hybridized carbons (Fsp3) is 0.200. The molecule has 0 radical (unpaired) electrons. The number of carbonyl (C=O) groups excluding carboxylic acids is 1. The van der Waals surface area contributed by atoms with E-state index in [1.165, 1.54) is 0 Å². The number of nitrogens with two attached hydrogens (primary N) is 1. The van der Waals surface area contributed by atoms with Gasteiger partial charge >= 0.3 is 0 Å². The number of hydrogen-bond donors (Lipinski definition) is 2. The molecule has 2 aromatic carbocycles. The van der Waals surface area contributed by atoms with E-state index in [4.69, 9.17) is 26.8 Å². The Morgan fingerprint density at radius 1 is 1.20 bits per heavy atom. The Balaban J connectivity index is 1.44. The minimum atomic E-state index is -0.0960. The van der Waals surface area contributed by atoms with Crippen LogP contribution in [0.15, 0.2) is 60.9 Å². The SMILES string of the molecule is CCOCc1cnc(Cl)nc1Oc1cccc(-n2cc(C3CNC(=O)c4ccccc43)c(N)n2)c1. The largest absolute Gasteiger partial charge is 0.438 e. The first-order chi connectivity index (χ1) is 17.0. The average Bonchev–Trinajstić information content (AvgIpc) is 3.25. The number of benzene rings is 2. The second-order valence-corrected chi connectivity index (χ2v) is 8.31. The summed E-state index contributed by atoms with van der Waals surface area (Å²) in [4.78, 5) is 20.5. The molecule has 1 aliphatic rings. The van der Waals surface area contributed by atoms with E-state index in [-0.39, 0.29) is 17.1 Å². The van der Waals surface area contributed by atoms with Gasteiger partial charge in [0.1, 0.15) is 11.6 Å². The van der Waals surface area contributed by atoms with Crippen LogP contribution in [0.25, 0.3) is 5.69 Å². The lowest BCUT2D eigenvalue weighted by atomic mass is 9.86. The van der Waals surface area contributed by atoms with Gasteiger partial charge in [0.15, 0.2) is 0 Å². The Bertz CT molecular complexity index is 1390. The van der Waals surface area contributed by atoms with E-state index < -0.39 is 0 Å². The number of carbonyl (C=O) groups is 1. The molecular formula is C25H23ClN6O3. The third kappa shape index (κ3) is 4.68. The fourth-order valence-electron chi connectivity index (χ4n) is 4.06. The molecule has 0 bridgehead atoms. The summed E-state index contributed by atoms with van der Waals surface area (Å²) < 4.78 is 13.2. The van der Waals surface area contributed by atoms with Crippen LogP contribution in [0, 0.1) is 0 Å². The van der Waals surface area contributed by atoms with E-state index in [2.05, 4.69) is 20.4 Å². The molecule has 0 aliphatic carbocycles. The van der Waals surface area contributed by atoms with Crippen LogP contribution >= 0.6 is 11.6 Å². The van der Waals surface area contributed by atoms with E-state index in [1.54, 1.807) is 10.9 Å². The molecule has 35 heavy (non-hydrogen) atoms. The van der Waals surface area contributed by atoms with Crippen molar-refractivity contribution in [2.75, 3.05) is 18.9 Å². The van der Waals surface area contributed by atoms with Gasteiger partial charge in [-0.1, -0.05) is 24.3 Å². The van der Waals surface area contributed by atoms with Crippen LogP contribution in [-0.4, -0.2) is 38.8 Å². The number of amides is 1. The molecule has 9 nitrogen and oxygen atoms in total. The van der Waals surface area contributed by atoms with Gasteiger partial charge in [-0.05, 0) is 42.3 Å². The van der Waals surface area contributed by atoms with Gasteiger partial charge in [-0.2, -0.15) is 10.1 Å². The normalized spacial score (nSPS) is 14.9. The fourth-order valence-corrected chi connectivity index (χ4v) is 4.18. The maximum Gasteiger partial charge on any atom is 0.251 e. The maximum absolute atomic E-state index is 12.3. The Morgan fingerprint density at radius 3 is 2.91 bits per heavy atom. The molecule has 0 saturated heterocycles. The van der Waals surface area contributed by atoms with Gasteiger partial charge < -0.3 is 20.5 Å². The monoisotopic (exact) mass is 490 g/mol. The van der Waals surface area contributed by atoms with Crippen molar-refractivity contribution in [2.45, 2.75) is 19.4 Å². The highest BCUT2D eigenvalue weighted by molar-refractivity contribution is 6.28. The summed E-state index contributed by atoms with van der Waals surface area (Å²) in [7, 11) is 0. The van der Waals surface area contributed by atoms with E-state index in [1.807, 2.05) is 61.7 Å². The second kappa shape index (κ2) is 9.73. The summed E-state index contributed by atoms with van der Waals surface area (Å²) in [5, 5.41) is 7.55. The summed E-state index contributed by atoms with van der Waals surface area (Å²) >= 11 is 5.99. The number of hydrogen-bond acceptors (Lipinski definition) is 7. The first-order valence-corrected chi connectivity index (χ1v) is 11.5. The molecule has 0 saturated carbocycles. The molecule has 2 aromatic heterocycles. The van der Waals surface area contributed by atoms with Crippen LogP contribution in [0.3, 0.4) is 0 Å². The highest BCUT2D eigenvalue weighted by Crippen LogP contribution is 2.34. The number of nitrogens with zero attached hydrogens (tertiary/aromatic N) is 4. The molecule has 1 amide bonds. The summed E-state index contributed by atoms with van der Waals surface area (Å²) in [6, 6.07) is 14.9. The molecule has 5 rings (SSSR count). The van der Waals surface area contributed by atoms with Crippen molar-refractivity contribution in [2.24, 2.45) is 0 Å². The van der Waals surface area contributed by atoms with Crippen LogP contribution in [-0.2, 0) is 11.3 Å². The van der Waals surface area contributed by atoms with Crippen LogP contribution < -0.4 is 15.8 Å². The number of nitrogens with one attached hydrogen (secondary N) is 1. The lowest BCUT2D eigenvalue weighted by Crippen LogP contribution is -2.35. The lowest BCUT2D eigenvalue weighted by molar-refractivity contribution is 0.0942. The van der Waals surface area contributed by atoms with E-state index >= 15 is 0 Å². The molecule has 1 aliphatic heterocycles. The molecule has 1 unspecified atom stereocenters. The molecule has 4 aromatic rings. The molecule has 1 atom stereocenters. The third-order valence-electron chi connectivity index (χ3n) is 5.75. The Labute approximate surface area is 206 Å². The lowest BCUT2D eigenvalue weighted by Gasteiger charge is -2.25. The highest BCUT2D eigenvalue weighted by Gasteiger charge is 2.29. The van der Waals surface area contributed by atoms with Gasteiger partial charge in [-0.15, -0.1) is 0 Å². The molecule has 10 heteroatoms. The van der Waals surface area contributed by atoms with Gasteiger partial charge in [0.2, 0.25) is 11.2 Å². The summed E-state index contributed by atoms with van der Waals surface area (Å²) in [5.74, 6) is 1.09. The molecular weight excluding hydrogens is 468 g/mol. The third-order valence-corrected chi connectivity index (χ3v) is 5.93. The van der Waals surface area contributed by atoms with Crippen LogP contribution in [0.1, 0.15) is 39.9 Å². The van der Waals surface area contributed by atoms with Gasteiger partial charge in [-0.25, -0.2) is 9.67 Å². The smallest absolute Gasteiger partial charge is 0.251 e. The quantitative estimate of drug-likeness (QED) is 0.374. The number of ether oxygens (including phenoxy) is 2. The first-order valence-electron chi connectivity index (χ1n) is 11.1. The van der Waals surface area contributed by atoms with Gasteiger partial charge in [0.05, 0.1) is 17.9 Å². The number of anilines is 1. The van der Waals surface area contributed by atoms with E-state index in [0.29, 0.717) is 48.3 Å². The van der Waals surface area contributed by atoms with Crippen molar-refractivity contribution in [3.05, 3.63) is 88.5 Å². The number of fused-ring (bicyclic) bond motifs is 1. The van der Waals surface area contributed by atoms with E-state index in [9.17, 15) is 4.79 Å². The highest BCUT2D eigenvalue weighted by atomic mass is 35.5. The number of halogens is 1. The van der Waals surface area contributed by atoms with Crippen molar-refractivity contribution in [1.82, 2.24) is 25.1 Å². The van der Waals surface area contributed by atoms with E-state index in [0.717, 1.165) is 16.8 Å². The maximum atomic E-state index is 12.3. The van der Waals surface area contributed by atoms with Crippen LogP contribution in [0.5, 0.6) is 11.6 Å². The van der Waals surface area contributed by atoms with Crippen molar-refractivity contribution in [3.8, 4) is 17.3 Å². The number of rotatable bonds is 7. The van der Waals surface area contributed by atoms with Crippen LogP contribution in [0.4, 0.5) is 5.82 Å². The standard InChI is InChI=1S/C25H23ClN6O3/c1-2-34-14-15-11-29-25(26)30-24(15)35-17-7-5-6-16(10-17)32-13-21(22(27)31-32)20-12-28-23(33)19-9-4-3-8-18(19)20/h3-11,13,20H,2,12,14H2,1H3,(H2,27,31)(H,28,33). The first kappa shape index (κ1) is 22.8. The molecule has 0 spiro atoms. The predicted molar refractivity (Wildman–Crippen MR) is 131 cm³/mol. The summed E-state index contributed by atoms with van der Waals surface area (Å²) in [6.07, 6.45) is 3.47. The Hall–Kier alpha value is -3.95. The van der Waals surface area contributed by atoms with Gasteiger partial charge in [0, 0.05) is 48.7 Å². The Kier molecular flexibility index (Phi) is 6.35. The minimum Gasteiger partial charge on any atom is -0.438 e. The molecule has 178 valence electrons. The topological polar surface area (TPSA) is 117 Å². The van der Waals surface area contributed by atoms with Gasteiger partial charge in [-0.3, -0.25) is 4.79 Å². The second-order valence-electron chi connectivity index (χ2n) is 7.97. The number of nitrogen functional groups attached to an aromatic ring is 1. The summed E-state index contributed by atoms with van der Waals surface area (Å²) in [6.45, 7) is 3.22. The average molecular weight is 491 g/mol. The van der Waals surface area contributed by atoms with Crippen molar-refractivity contribution in [1.29, 1.82) is 0 Å². The zero-order valence-corrected chi connectivity index (χ0v) is 19.7. The van der Waals surface area contributed by atoms with Crippen molar-refractivity contribution >= 4 is 23.3 Å². The zero-order chi connectivity index (χ0) is 24.4. The summed E-state index contributed by atoms with van der Waals surface area (Å²) in [5.41, 5.74) is 10.2. The van der Waals surface area contributed by atoms with Gasteiger partial charge in [0.25, 0.3) is 5.91 Å². The Morgan fingerprint density at radius 2 is 2.06 bits per heavy atom.